The van der Waals surface area contributed by atoms with Crippen molar-refractivity contribution in [3.05, 3.63) is 36.4 Å². The number of fused-ring (bicyclic) bond motifs is 4. The van der Waals surface area contributed by atoms with Crippen molar-refractivity contribution < 1.29 is 42.2 Å². The third kappa shape index (κ3) is 6.95. The fraction of sp³-hybridized carbons (Fsp3) is 0.650. The number of nitrogens with one attached hydrogen (secondary N) is 2. The summed E-state index contributed by atoms with van der Waals surface area (Å²) in [6.45, 7) is 5.54. The van der Waals surface area contributed by atoms with Crippen LogP contribution in [-0.4, -0.2) is 106 Å². The van der Waals surface area contributed by atoms with Crippen molar-refractivity contribution in [2.45, 2.75) is 119 Å². The molecule has 4 amide bonds. The van der Waals surface area contributed by atoms with Crippen LogP contribution in [0.2, 0.25) is 0 Å². The SMILES string of the molecule is COc1nnc(O[C@@H]2C[C@H]3C(=O)N[C@]4(C(=O)NS(=O)(=O)C5(C)CC5)C[C@H]4/C=C\CC[C@H](C)C[C@@H](C)[C@H](N(C(=O)O)[C@H]4CC5C[C@H]5C4)C(=O)N3C2)c2ccccc12. The largest absolute Gasteiger partial charge is 0.479 e. The number of hydrogen-bond donors (Lipinski definition) is 3. The zero-order chi connectivity index (χ0) is 39.7. The van der Waals surface area contributed by atoms with Gasteiger partial charge in [-0.2, -0.15) is 0 Å². The molecular weight excluding hydrogens is 741 g/mol. The summed E-state index contributed by atoms with van der Waals surface area (Å²) in [5.41, 5.74) is -1.55. The Balaban J connectivity index is 1.16. The Bertz CT molecular complexity index is 2060. The molecule has 4 aliphatic carbocycles. The second-order valence-corrected chi connectivity index (χ2v) is 19.7. The molecule has 15 nitrogen and oxygen atoms in total. The van der Waals surface area contributed by atoms with Crippen LogP contribution in [0.4, 0.5) is 4.79 Å². The van der Waals surface area contributed by atoms with Gasteiger partial charge in [0.05, 0.1) is 29.2 Å². The van der Waals surface area contributed by atoms with Crippen LogP contribution in [0.1, 0.15) is 85.0 Å². The molecule has 4 saturated carbocycles. The van der Waals surface area contributed by atoms with Crippen LogP contribution in [0.5, 0.6) is 11.8 Å². The number of amides is 4. The molecular formula is C40H52N6O9S. The van der Waals surface area contributed by atoms with Crippen molar-refractivity contribution in [3.8, 4) is 11.8 Å². The second-order valence-electron chi connectivity index (χ2n) is 17.5. The summed E-state index contributed by atoms with van der Waals surface area (Å²) in [7, 11) is -2.52. The number of hydrogen-bond acceptors (Lipinski definition) is 10. The number of methoxy groups -OCH3 is 1. The molecule has 1 saturated heterocycles. The van der Waals surface area contributed by atoms with Crippen LogP contribution < -0.4 is 19.5 Å². The summed E-state index contributed by atoms with van der Waals surface area (Å²) >= 11 is 0. The highest BCUT2D eigenvalue weighted by Crippen LogP contribution is 2.54. The van der Waals surface area contributed by atoms with Crippen LogP contribution in [-0.2, 0) is 24.4 Å². The van der Waals surface area contributed by atoms with Gasteiger partial charge in [-0.1, -0.05) is 38.1 Å². The van der Waals surface area contributed by atoms with E-state index in [1.165, 1.54) is 16.9 Å². The molecule has 2 aliphatic heterocycles. The molecule has 1 aromatic heterocycles. The summed E-state index contributed by atoms with van der Waals surface area (Å²) < 4.78 is 39.6. The van der Waals surface area contributed by atoms with Crippen molar-refractivity contribution in [2.75, 3.05) is 13.7 Å². The van der Waals surface area contributed by atoms with Crippen LogP contribution in [0.15, 0.2) is 36.4 Å². The van der Waals surface area contributed by atoms with E-state index >= 15 is 4.79 Å². The highest BCUT2D eigenvalue weighted by atomic mass is 32.2. The molecule has 302 valence electrons. The van der Waals surface area contributed by atoms with Crippen molar-refractivity contribution >= 4 is 44.6 Å². The average Bonchev–Trinajstić information content (AvgIpc) is 4.11. The lowest BCUT2D eigenvalue weighted by atomic mass is 9.86. The number of carbonyl (C=O) groups is 4. The van der Waals surface area contributed by atoms with Gasteiger partial charge in [0.15, 0.2) is 0 Å². The molecule has 16 heteroatoms. The lowest BCUT2D eigenvalue weighted by Crippen LogP contribution is -2.61. The predicted molar refractivity (Wildman–Crippen MR) is 204 cm³/mol. The number of benzene rings is 1. The standard InChI is InChI=1S/C40H52N6O9S/c1-22-9-5-6-10-26-20-40(26,37(49)44-56(52,53)39(3)13-14-39)41-33(47)31-19-28(55-35-30-12-8-7-11-29(30)34(54-4)42-43-35)21-45(31)36(48)32(23(2)15-22)46(38(50)51)27-17-24-16-25(24)18-27/h6-8,10-12,22-28,31-32H,5,9,13-21H2,1-4H3,(H,41,47)(H,44,49)(H,50,51)/b10-6-/t22-,23+,24-,25?,26+,27+,28+,31-,32-,40+/m0/s1. The fourth-order valence-electron chi connectivity index (χ4n) is 9.63. The van der Waals surface area contributed by atoms with E-state index < -0.39 is 68.2 Å². The van der Waals surface area contributed by atoms with Gasteiger partial charge in [-0.25, -0.2) is 13.2 Å². The molecule has 0 bridgehead atoms. The minimum Gasteiger partial charge on any atom is -0.479 e. The quantitative estimate of drug-likeness (QED) is 0.327. The second kappa shape index (κ2) is 14.2. The molecule has 0 spiro atoms. The predicted octanol–water partition coefficient (Wildman–Crippen LogP) is 4.02. The van der Waals surface area contributed by atoms with E-state index in [0.717, 1.165) is 12.8 Å². The number of aromatic nitrogens is 2. The van der Waals surface area contributed by atoms with Gasteiger partial charge in [-0.3, -0.25) is 24.0 Å². The first-order chi connectivity index (χ1) is 26.6. The van der Waals surface area contributed by atoms with E-state index in [4.69, 9.17) is 9.47 Å². The Kier molecular flexibility index (Phi) is 9.72. The van der Waals surface area contributed by atoms with E-state index in [2.05, 4.69) is 27.2 Å². The van der Waals surface area contributed by atoms with E-state index in [1.807, 2.05) is 43.3 Å². The molecule has 3 N–H and O–H groups in total. The molecule has 8 rings (SSSR count). The molecule has 2 aromatic rings. The number of nitrogens with zero attached hydrogens (tertiary/aromatic N) is 4. The number of rotatable bonds is 8. The fourth-order valence-corrected chi connectivity index (χ4v) is 10.9. The van der Waals surface area contributed by atoms with Gasteiger partial charge in [0, 0.05) is 18.4 Å². The molecule has 3 heterocycles. The minimum atomic E-state index is -4.01. The topological polar surface area (TPSA) is 197 Å². The monoisotopic (exact) mass is 792 g/mol. The van der Waals surface area contributed by atoms with Gasteiger partial charge in [0.2, 0.25) is 33.6 Å². The molecule has 6 aliphatic rings. The maximum absolute atomic E-state index is 15.2. The number of carbonyl (C=O) groups excluding carboxylic acids is 3. The Morgan fingerprint density at radius 3 is 2.36 bits per heavy atom. The minimum absolute atomic E-state index is 0.00629. The van der Waals surface area contributed by atoms with Crippen molar-refractivity contribution in [1.29, 1.82) is 0 Å². The van der Waals surface area contributed by atoms with E-state index in [1.54, 1.807) is 6.92 Å². The van der Waals surface area contributed by atoms with Gasteiger partial charge in [0.25, 0.3) is 5.91 Å². The zero-order valence-corrected chi connectivity index (χ0v) is 33.2. The van der Waals surface area contributed by atoms with Gasteiger partial charge < -0.3 is 24.8 Å². The summed E-state index contributed by atoms with van der Waals surface area (Å²) in [6.07, 6.45) is 7.45. The summed E-state index contributed by atoms with van der Waals surface area (Å²) in [5.74, 6) is -1.24. The first-order valence-electron chi connectivity index (χ1n) is 20.0. The molecule has 0 radical (unpaired) electrons. The number of carboxylic acid groups (broad SMARTS) is 1. The molecule has 1 unspecified atom stereocenters. The van der Waals surface area contributed by atoms with Crippen LogP contribution in [0, 0.1) is 29.6 Å². The van der Waals surface area contributed by atoms with E-state index in [-0.39, 0.29) is 43.1 Å². The molecule has 5 fully saturated rings. The molecule has 1 aromatic carbocycles. The highest BCUT2D eigenvalue weighted by molar-refractivity contribution is 7.91. The average molecular weight is 793 g/mol. The van der Waals surface area contributed by atoms with Gasteiger partial charge in [-0.05, 0) is 101 Å². The zero-order valence-electron chi connectivity index (χ0n) is 32.3. The van der Waals surface area contributed by atoms with Crippen molar-refractivity contribution in [1.82, 2.24) is 30.0 Å². The Morgan fingerprint density at radius 2 is 1.70 bits per heavy atom. The smallest absolute Gasteiger partial charge is 0.408 e. The lowest BCUT2D eigenvalue weighted by Gasteiger charge is -2.40. The van der Waals surface area contributed by atoms with Gasteiger partial charge in [-0.15, -0.1) is 10.2 Å². The number of allylic oxidation sites excluding steroid dienone is 1. The Hall–Kier alpha value is -4.47. The first-order valence-corrected chi connectivity index (χ1v) is 21.5. The van der Waals surface area contributed by atoms with Crippen LogP contribution >= 0.6 is 0 Å². The maximum Gasteiger partial charge on any atom is 0.408 e. The lowest BCUT2D eigenvalue weighted by molar-refractivity contribution is -0.145. The first kappa shape index (κ1) is 38.4. The molecule has 10 atom stereocenters. The van der Waals surface area contributed by atoms with Crippen molar-refractivity contribution in [3.63, 3.8) is 0 Å². The van der Waals surface area contributed by atoms with Crippen LogP contribution in [0.3, 0.4) is 0 Å². The van der Waals surface area contributed by atoms with E-state index in [9.17, 15) is 27.9 Å². The van der Waals surface area contributed by atoms with Gasteiger partial charge >= 0.3 is 6.09 Å². The third-order valence-corrected chi connectivity index (χ3v) is 15.6. The van der Waals surface area contributed by atoms with Gasteiger partial charge in [0.1, 0.15) is 23.7 Å². The summed E-state index contributed by atoms with van der Waals surface area (Å²) in [4.78, 5) is 59.8. The highest BCUT2D eigenvalue weighted by Gasteiger charge is 2.63. The Labute approximate surface area is 327 Å². The number of ether oxygens (including phenoxy) is 2. The summed E-state index contributed by atoms with van der Waals surface area (Å²) in [5, 5.41) is 23.4. The third-order valence-electron chi connectivity index (χ3n) is 13.4. The maximum atomic E-state index is 15.2. The normalized spacial score (nSPS) is 35.4. The summed E-state index contributed by atoms with van der Waals surface area (Å²) in [6, 6.07) is 4.74. The molecule has 56 heavy (non-hydrogen) atoms. The van der Waals surface area contributed by atoms with Crippen molar-refractivity contribution in [2.24, 2.45) is 29.6 Å². The number of sulfonamides is 1. The Morgan fingerprint density at radius 1 is 1.02 bits per heavy atom. The van der Waals surface area contributed by atoms with Crippen LogP contribution in [0.25, 0.3) is 10.8 Å². The van der Waals surface area contributed by atoms with E-state index in [0.29, 0.717) is 67.0 Å².